The molecule has 8 heteroatoms. The molecule has 7 nitrogen and oxygen atoms in total. The molecule has 0 unspecified atom stereocenters. The van der Waals surface area contributed by atoms with E-state index in [1.54, 1.807) is 24.3 Å². The van der Waals surface area contributed by atoms with Gasteiger partial charge in [-0.1, -0.05) is 24.3 Å². The van der Waals surface area contributed by atoms with E-state index in [1.807, 2.05) is 31.0 Å². The average molecular weight is 372 g/mol. The Balaban J connectivity index is 1.81. The van der Waals surface area contributed by atoms with Crippen molar-refractivity contribution in [3.63, 3.8) is 0 Å². The number of aromatic amines is 1. The van der Waals surface area contributed by atoms with E-state index in [1.165, 1.54) is 12.1 Å². The first-order valence-corrected chi connectivity index (χ1v) is 9.61. The van der Waals surface area contributed by atoms with Crippen LogP contribution in [0.4, 0.5) is 0 Å². The van der Waals surface area contributed by atoms with Crippen molar-refractivity contribution < 1.29 is 8.42 Å². The number of aromatic nitrogens is 2. The summed E-state index contributed by atoms with van der Waals surface area (Å²) in [4.78, 5) is 21.6. The maximum absolute atomic E-state index is 12.2. The molecule has 0 saturated carbocycles. The summed E-state index contributed by atoms with van der Waals surface area (Å²) in [7, 11) is -1.79. The zero-order valence-corrected chi connectivity index (χ0v) is 15.3. The number of para-hydroxylation sites is 1. The summed E-state index contributed by atoms with van der Waals surface area (Å²) in [6.07, 6.45) is 0. The summed E-state index contributed by atoms with van der Waals surface area (Å²) >= 11 is 0. The van der Waals surface area contributed by atoms with Gasteiger partial charge in [-0.05, 0) is 43.8 Å². The SMILES string of the molecule is C[C@@H](c1ccc(S(N)(=O)=O)cc1)N(C)Cc1nc2ccccc2c(=O)[nH]1. The van der Waals surface area contributed by atoms with Crippen LogP contribution >= 0.6 is 0 Å². The molecule has 1 heterocycles. The number of hydrogen-bond donors (Lipinski definition) is 2. The van der Waals surface area contributed by atoms with E-state index in [-0.39, 0.29) is 16.5 Å². The van der Waals surface area contributed by atoms with Crippen molar-refractivity contribution in [1.29, 1.82) is 0 Å². The largest absolute Gasteiger partial charge is 0.309 e. The van der Waals surface area contributed by atoms with Crippen LogP contribution in [-0.4, -0.2) is 30.3 Å². The molecule has 3 aromatic rings. The lowest BCUT2D eigenvalue weighted by Crippen LogP contribution is -2.25. The van der Waals surface area contributed by atoms with E-state index in [0.717, 1.165) is 5.56 Å². The molecule has 0 fully saturated rings. The Hall–Kier alpha value is -2.55. The molecule has 0 aliphatic heterocycles. The second kappa shape index (κ2) is 6.99. The highest BCUT2D eigenvalue weighted by molar-refractivity contribution is 7.89. The van der Waals surface area contributed by atoms with Crippen LogP contribution in [0.3, 0.4) is 0 Å². The smallest absolute Gasteiger partial charge is 0.258 e. The van der Waals surface area contributed by atoms with Crippen molar-refractivity contribution in [3.05, 3.63) is 70.3 Å². The number of nitrogens with zero attached hydrogens (tertiary/aromatic N) is 2. The van der Waals surface area contributed by atoms with Crippen molar-refractivity contribution in [2.45, 2.75) is 24.4 Å². The normalized spacial score (nSPS) is 13.2. The van der Waals surface area contributed by atoms with Crippen molar-refractivity contribution in [1.82, 2.24) is 14.9 Å². The number of rotatable bonds is 5. The van der Waals surface area contributed by atoms with Crippen molar-refractivity contribution >= 4 is 20.9 Å². The molecule has 1 aromatic heterocycles. The third-order valence-electron chi connectivity index (χ3n) is 4.41. The standard InChI is InChI=1S/C18H20N4O3S/c1-12(13-7-9-14(10-8-13)26(19,24)25)22(2)11-17-20-16-6-4-3-5-15(16)18(23)21-17/h3-10,12H,11H2,1-2H3,(H2,19,24,25)(H,20,21,23)/t12-/m0/s1. The van der Waals surface area contributed by atoms with Crippen LogP contribution in [-0.2, 0) is 16.6 Å². The van der Waals surface area contributed by atoms with Gasteiger partial charge in [-0.15, -0.1) is 0 Å². The first-order chi connectivity index (χ1) is 12.3. The number of benzene rings is 2. The van der Waals surface area contributed by atoms with Gasteiger partial charge in [-0.2, -0.15) is 0 Å². The van der Waals surface area contributed by atoms with Crippen molar-refractivity contribution in [3.8, 4) is 0 Å². The number of nitrogens with one attached hydrogen (secondary N) is 1. The van der Waals surface area contributed by atoms with Crippen LogP contribution in [0, 0.1) is 0 Å². The summed E-state index contributed by atoms with van der Waals surface area (Å²) in [5, 5.41) is 5.68. The van der Waals surface area contributed by atoms with Gasteiger partial charge in [0.25, 0.3) is 5.56 Å². The predicted molar refractivity (Wildman–Crippen MR) is 100 cm³/mol. The molecular formula is C18H20N4O3S. The van der Waals surface area contributed by atoms with Gasteiger partial charge in [0.05, 0.1) is 22.3 Å². The molecule has 0 aliphatic rings. The maximum atomic E-state index is 12.2. The third-order valence-corrected chi connectivity index (χ3v) is 5.34. The summed E-state index contributed by atoms with van der Waals surface area (Å²) in [5.74, 6) is 0.573. The van der Waals surface area contributed by atoms with Gasteiger partial charge >= 0.3 is 0 Å². The Labute approximate surface area is 151 Å². The van der Waals surface area contributed by atoms with Crippen LogP contribution in [0.2, 0.25) is 0 Å². The fourth-order valence-electron chi connectivity index (χ4n) is 2.77. The second-order valence-corrected chi connectivity index (χ2v) is 7.80. The number of H-pyrrole nitrogens is 1. The predicted octanol–water partition coefficient (Wildman–Crippen LogP) is 1.76. The molecule has 2 aromatic carbocycles. The number of nitrogens with two attached hydrogens (primary N) is 1. The zero-order chi connectivity index (χ0) is 18.9. The Morgan fingerprint density at radius 2 is 1.81 bits per heavy atom. The number of hydrogen-bond acceptors (Lipinski definition) is 5. The van der Waals surface area contributed by atoms with Crippen LogP contribution in [0.1, 0.15) is 24.4 Å². The van der Waals surface area contributed by atoms with E-state index in [2.05, 4.69) is 9.97 Å². The maximum Gasteiger partial charge on any atom is 0.258 e. The highest BCUT2D eigenvalue weighted by Gasteiger charge is 2.15. The fraction of sp³-hybridized carbons (Fsp3) is 0.222. The van der Waals surface area contributed by atoms with Gasteiger partial charge in [0.1, 0.15) is 5.82 Å². The first kappa shape index (κ1) is 18.2. The molecule has 136 valence electrons. The van der Waals surface area contributed by atoms with E-state index in [4.69, 9.17) is 5.14 Å². The minimum Gasteiger partial charge on any atom is -0.309 e. The van der Waals surface area contributed by atoms with Crippen LogP contribution in [0.25, 0.3) is 10.9 Å². The van der Waals surface area contributed by atoms with Crippen molar-refractivity contribution in [2.75, 3.05) is 7.05 Å². The van der Waals surface area contributed by atoms with Crippen LogP contribution in [0.15, 0.2) is 58.2 Å². The summed E-state index contributed by atoms with van der Waals surface area (Å²) in [6, 6.07) is 13.6. The molecule has 0 radical (unpaired) electrons. The highest BCUT2D eigenvalue weighted by atomic mass is 32.2. The second-order valence-electron chi connectivity index (χ2n) is 6.23. The molecule has 0 bridgehead atoms. The number of sulfonamides is 1. The molecule has 26 heavy (non-hydrogen) atoms. The number of primary sulfonamides is 1. The molecule has 0 spiro atoms. The minimum atomic E-state index is -3.70. The third kappa shape index (κ3) is 3.82. The van der Waals surface area contributed by atoms with Crippen LogP contribution < -0.4 is 10.7 Å². The highest BCUT2D eigenvalue weighted by Crippen LogP contribution is 2.21. The van der Waals surface area contributed by atoms with Gasteiger partial charge in [-0.25, -0.2) is 18.5 Å². The molecule has 0 aliphatic carbocycles. The van der Waals surface area contributed by atoms with Crippen LogP contribution in [0.5, 0.6) is 0 Å². The Morgan fingerprint density at radius 3 is 2.46 bits per heavy atom. The first-order valence-electron chi connectivity index (χ1n) is 8.06. The minimum absolute atomic E-state index is 0.0127. The number of fused-ring (bicyclic) bond motifs is 1. The van der Waals surface area contributed by atoms with E-state index >= 15 is 0 Å². The van der Waals surface area contributed by atoms with Gasteiger partial charge in [0.2, 0.25) is 10.0 Å². The molecule has 0 saturated heterocycles. The van der Waals surface area contributed by atoms with Gasteiger partial charge in [0, 0.05) is 6.04 Å². The lowest BCUT2D eigenvalue weighted by atomic mass is 10.1. The van der Waals surface area contributed by atoms with Crippen molar-refractivity contribution in [2.24, 2.45) is 5.14 Å². The van der Waals surface area contributed by atoms with Gasteiger partial charge in [0.15, 0.2) is 0 Å². The lowest BCUT2D eigenvalue weighted by Gasteiger charge is -2.24. The summed E-state index contributed by atoms with van der Waals surface area (Å²) in [6.45, 7) is 2.43. The molecule has 1 atom stereocenters. The lowest BCUT2D eigenvalue weighted by molar-refractivity contribution is 0.247. The quantitative estimate of drug-likeness (QED) is 0.709. The average Bonchev–Trinajstić information content (AvgIpc) is 2.60. The van der Waals surface area contributed by atoms with Gasteiger partial charge < -0.3 is 4.98 Å². The molecule has 0 amide bonds. The molecule has 3 rings (SSSR count). The summed E-state index contributed by atoms with van der Waals surface area (Å²) < 4.78 is 22.7. The fourth-order valence-corrected chi connectivity index (χ4v) is 3.29. The Kier molecular flexibility index (Phi) is 4.90. The summed E-state index contributed by atoms with van der Waals surface area (Å²) in [5.41, 5.74) is 1.43. The van der Waals surface area contributed by atoms with E-state index in [9.17, 15) is 13.2 Å². The molecular weight excluding hydrogens is 352 g/mol. The Morgan fingerprint density at radius 1 is 1.15 bits per heavy atom. The van der Waals surface area contributed by atoms with E-state index in [0.29, 0.717) is 23.3 Å². The molecule has 3 N–H and O–H groups in total. The van der Waals surface area contributed by atoms with Gasteiger partial charge in [-0.3, -0.25) is 9.69 Å². The zero-order valence-electron chi connectivity index (χ0n) is 14.5. The topological polar surface area (TPSA) is 109 Å². The monoisotopic (exact) mass is 372 g/mol. The van der Waals surface area contributed by atoms with E-state index < -0.39 is 10.0 Å². The Bertz CT molecular complexity index is 1090.